The predicted molar refractivity (Wildman–Crippen MR) is 98.9 cm³/mol. The third-order valence-corrected chi connectivity index (χ3v) is 4.43. The standard InChI is InChI=1S/C17H18BrCl2NO2/c1-3-21-9-11-6-14(18)17(16(7-11)22-2)23-10-12-4-5-13(19)8-15(12)20/h4-8,21H,3,9-10H2,1-2H3. The Bertz CT molecular complexity index is 680. The SMILES string of the molecule is CCNCc1cc(Br)c(OCc2ccc(Cl)cc2Cl)c(OC)c1. The molecule has 0 bridgehead atoms. The normalized spacial score (nSPS) is 10.7. The number of methoxy groups -OCH3 is 1. The molecule has 0 aliphatic rings. The molecular formula is C17H18BrCl2NO2. The fourth-order valence-corrected chi connectivity index (χ4v) is 3.14. The quantitative estimate of drug-likeness (QED) is 0.648. The Morgan fingerprint density at radius 1 is 1.17 bits per heavy atom. The van der Waals surface area contributed by atoms with E-state index in [1.54, 1.807) is 19.2 Å². The van der Waals surface area contributed by atoms with E-state index in [9.17, 15) is 0 Å². The molecule has 0 aliphatic carbocycles. The maximum atomic E-state index is 6.18. The Balaban J connectivity index is 2.18. The van der Waals surface area contributed by atoms with Crippen LogP contribution in [-0.2, 0) is 13.2 Å². The topological polar surface area (TPSA) is 30.5 Å². The van der Waals surface area contributed by atoms with Crippen molar-refractivity contribution in [2.45, 2.75) is 20.1 Å². The number of rotatable bonds is 7. The van der Waals surface area contributed by atoms with Crippen molar-refractivity contribution < 1.29 is 9.47 Å². The van der Waals surface area contributed by atoms with Gasteiger partial charge in [0.1, 0.15) is 6.61 Å². The molecule has 2 rings (SSSR count). The van der Waals surface area contributed by atoms with Crippen LogP contribution in [0.15, 0.2) is 34.8 Å². The molecule has 0 heterocycles. The van der Waals surface area contributed by atoms with Crippen LogP contribution >= 0.6 is 39.1 Å². The summed E-state index contributed by atoms with van der Waals surface area (Å²) in [6.07, 6.45) is 0. The van der Waals surface area contributed by atoms with Crippen molar-refractivity contribution in [3.05, 3.63) is 56.0 Å². The van der Waals surface area contributed by atoms with Crippen molar-refractivity contribution >= 4 is 39.1 Å². The highest BCUT2D eigenvalue weighted by Crippen LogP contribution is 2.37. The zero-order chi connectivity index (χ0) is 16.8. The van der Waals surface area contributed by atoms with Crippen LogP contribution in [0.1, 0.15) is 18.1 Å². The first kappa shape index (κ1) is 18.4. The van der Waals surface area contributed by atoms with Crippen LogP contribution in [0.2, 0.25) is 10.0 Å². The van der Waals surface area contributed by atoms with Crippen LogP contribution in [0.3, 0.4) is 0 Å². The average molecular weight is 419 g/mol. The van der Waals surface area contributed by atoms with Crippen LogP contribution in [0.4, 0.5) is 0 Å². The number of ether oxygens (including phenoxy) is 2. The van der Waals surface area contributed by atoms with Gasteiger partial charge in [-0.25, -0.2) is 0 Å². The molecule has 0 amide bonds. The minimum atomic E-state index is 0.331. The van der Waals surface area contributed by atoms with E-state index in [0.29, 0.717) is 28.2 Å². The van der Waals surface area contributed by atoms with Crippen LogP contribution < -0.4 is 14.8 Å². The van der Waals surface area contributed by atoms with Gasteiger partial charge in [-0.1, -0.05) is 36.2 Å². The lowest BCUT2D eigenvalue weighted by Crippen LogP contribution is -2.12. The Labute approximate surface area is 155 Å². The van der Waals surface area contributed by atoms with E-state index in [1.807, 2.05) is 18.2 Å². The maximum absolute atomic E-state index is 6.18. The smallest absolute Gasteiger partial charge is 0.175 e. The molecule has 0 atom stereocenters. The lowest BCUT2D eigenvalue weighted by molar-refractivity contribution is 0.282. The predicted octanol–water partition coefficient (Wildman–Crippen LogP) is 5.45. The van der Waals surface area contributed by atoms with Crippen molar-refractivity contribution in [2.75, 3.05) is 13.7 Å². The van der Waals surface area contributed by atoms with Crippen LogP contribution in [0, 0.1) is 0 Å². The zero-order valence-electron chi connectivity index (χ0n) is 13.0. The Morgan fingerprint density at radius 3 is 2.61 bits per heavy atom. The van der Waals surface area contributed by atoms with E-state index in [2.05, 4.69) is 28.2 Å². The lowest BCUT2D eigenvalue weighted by atomic mass is 10.2. The van der Waals surface area contributed by atoms with Crippen LogP contribution in [0.5, 0.6) is 11.5 Å². The summed E-state index contributed by atoms with van der Waals surface area (Å²) in [4.78, 5) is 0. The third-order valence-electron chi connectivity index (χ3n) is 3.26. The molecular weight excluding hydrogens is 401 g/mol. The van der Waals surface area contributed by atoms with Gasteiger partial charge in [0.25, 0.3) is 0 Å². The molecule has 1 N–H and O–H groups in total. The molecule has 6 heteroatoms. The number of benzene rings is 2. The van der Waals surface area contributed by atoms with Gasteiger partial charge in [0, 0.05) is 22.2 Å². The lowest BCUT2D eigenvalue weighted by Gasteiger charge is -2.15. The third kappa shape index (κ3) is 5.01. The minimum absolute atomic E-state index is 0.331. The van der Waals surface area contributed by atoms with E-state index >= 15 is 0 Å². The molecule has 0 saturated carbocycles. The first-order valence-corrected chi connectivity index (χ1v) is 8.74. The molecule has 2 aromatic carbocycles. The molecule has 3 nitrogen and oxygen atoms in total. The molecule has 0 saturated heterocycles. The number of halogens is 3. The second-order valence-corrected chi connectivity index (χ2v) is 6.61. The van der Waals surface area contributed by atoms with Crippen LogP contribution in [0.25, 0.3) is 0 Å². The zero-order valence-corrected chi connectivity index (χ0v) is 16.1. The van der Waals surface area contributed by atoms with E-state index in [-0.39, 0.29) is 0 Å². The largest absolute Gasteiger partial charge is 0.493 e. The monoisotopic (exact) mass is 417 g/mol. The summed E-state index contributed by atoms with van der Waals surface area (Å²) in [5, 5.41) is 4.47. The summed E-state index contributed by atoms with van der Waals surface area (Å²) >= 11 is 15.6. The van der Waals surface area contributed by atoms with Crippen molar-refractivity contribution in [1.82, 2.24) is 5.32 Å². The summed E-state index contributed by atoms with van der Waals surface area (Å²) < 4.78 is 12.2. The molecule has 0 aliphatic heterocycles. The van der Waals surface area contributed by atoms with Crippen LogP contribution in [-0.4, -0.2) is 13.7 Å². The van der Waals surface area contributed by atoms with Gasteiger partial charge in [0.2, 0.25) is 0 Å². The molecule has 124 valence electrons. The van der Waals surface area contributed by atoms with Crippen molar-refractivity contribution in [3.8, 4) is 11.5 Å². The first-order chi connectivity index (χ1) is 11.0. The molecule has 0 aromatic heterocycles. The Kier molecular flexibility index (Phi) is 7.03. The number of nitrogens with one attached hydrogen (secondary N) is 1. The van der Waals surface area contributed by atoms with Crippen molar-refractivity contribution in [3.63, 3.8) is 0 Å². The summed E-state index contributed by atoms with van der Waals surface area (Å²) in [6.45, 7) is 4.08. The first-order valence-electron chi connectivity index (χ1n) is 7.19. The van der Waals surface area contributed by atoms with Gasteiger partial charge in [-0.15, -0.1) is 0 Å². The molecule has 0 radical (unpaired) electrons. The molecule has 2 aromatic rings. The summed E-state index contributed by atoms with van der Waals surface area (Å²) in [7, 11) is 1.63. The average Bonchev–Trinajstić information content (AvgIpc) is 2.52. The highest BCUT2D eigenvalue weighted by molar-refractivity contribution is 9.10. The molecule has 23 heavy (non-hydrogen) atoms. The Hall–Kier alpha value is -0.940. The van der Waals surface area contributed by atoms with Crippen molar-refractivity contribution in [2.24, 2.45) is 0 Å². The number of hydrogen-bond donors (Lipinski definition) is 1. The van der Waals surface area contributed by atoms with Gasteiger partial charge < -0.3 is 14.8 Å². The van der Waals surface area contributed by atoms with E-state index < -0.39 is 0 Å². The van der Waals surface area contributed by atoms with Gasteiger partial charge in [0.15, 0.2) is 11.5 Å². The van der Waals surface area contributed by atoms with E-state index in [0.717, 1.165) is 28.7 Å². The second kappa shape index (κ2) is 8.78. The minimum Gasteiger partial charge on any atom is -0.493 e. The Morgan fingerprint density at radius 2 is 1.96 bits per heavy atom. The highest BCUT2D eigenvalue weighted by atomic mass is 79.9. The van der Waals surface area contributed by atoms with Crippen molar-refractivity contribution in [1.29, 1.82) is 0 Å². The second-order valence-electron chi connectivity index (χ2n) is 4.91. The highest BCUT2D eigenvalue weighted by Gasteiger charge is 2.13. The van der Waals surface area contributed by atoms with Gasteiger partial charge in [0.05, 0.1) is 11.6 Å². The summed E-state index contributed by atoms with van der Waals surface area (Å²) in [6, 6.07) is 9.33. The van der Waals surface area contributed by atoms with Gasteiger partial charge in [-0.3, -0.25) is 0 Å². The fourth-order valence-electron chi connectivity index (χ4n) is 2.07. The molecule has 0 unspecified atom stereocenters. The van der Waals surface area contributed by atoms with Gasteiger partial charge in [-0.2, -0.15) is 0 Å². The summed E-state index contributed by atoms with van der Waals surface area (Å²) in [5.74, 6) is 1.33. The van der Waals surface area contributed by atoms with Gasteiger partial charge >= 0.3 is 0 Å². The molecule has 0 spiro atoms. The summed E-state index contributed by atoms with van der Waals surface area (Å²) in [5.41, 5.74) is 1.98. The maximum Gasteiger partial charge on any atom is 0.175 e. The molecule has 0 fully saturated rings. The fraction of sp³-hybridized carbons (Fsp3) is 0.294. The van der Waals surface area contributed by atoms with E-state index in [1.165, 1.54) is 0 Å². The number of hydrogen-bond acceptors (Lipinski definition) is 3. The van der Waals surface area contributed by atoms with E-state index in [4.69, 9.17) is 32.7 Å². The van der Waals surface area contributed by atoms with Gasteiger partial charge in [-0.05, 0) is 52.3 Å².